The second-order valence-corrected chi connectivity index (χ2v) is 7.16. The molecule has 4 rings (SSSR count). The largest absolute Gasteiger partial charge is 0.482 e. The van der Waals surface area contributed by atoms with Crippen molar-refractivity contribution < 1.29 is 19.1 Å². The van der Waals surface area contributed by atoms with Crippen LogP contribution in [-0.4, -0.2) is 56.2 Å². The molecule has 1 fully saturated rings. The quantitative estimate of drug-likeness (QED) is 0.591. The van der Waals surface area contributed by atoms with Gasteiger partial charge in [0.2, 0.25) is 0 Å². The third kappa shape index (κ3) is 4.89. The number of anilines is 1. The fraction of sp³-hybridized carbons (Fsp3) is 0.250. The van der Waals surface area contributed by atoms with Gasteiger partial charge in [0.15, 0.2) is 13.2 Å². The highest BCUT2D eigenvalue weighted by molar-refractivity contribution is 5.84. The summed E-state index contributed by atoms with van der Waals surface area (Å²) in [6, 6.07) is 23.7. The minimum Gasteiger partial charge on any atom is -0.482 e. The highest BCUT2D eigenvalue weighted by Gasteiger charge is 2.22. The first kappa shape index (κ1) is 19.8. The van der Waals surface area contributed by atoms with E-state index in [1.807, 2.05) is 60.7 Å². The summed E-state index contributed by atoms with van der Waals surface area (Å²) in [6.07, 6.45) is 0. The lowest BCUT2D eigenvalue weighted by atomic mass is 10.1. The summed E-state index contributed by atoms with van der Waals surface area (Å²) in [5.74, 6) is -0.143. The molecule has 154 valence electrons. The third-order valence-corrected chi connectivity index (χ3v) is 5.19. The van der Waals surface area contributed by atoms with E-state index in [0.29, 0.717) is 18.8 Å². The van der Waals surface area contributed by atoms with Gasteiger partial charge < -0.3 is 19.3 Å². The van der Waals surface area contributed by atoms with Crippen LogP contribution in [0.2, 0.25) is 0 Å². The number of fused-ring (bicyclic) bond motifs is 1. The molecule has 6 heteroatoms. The third-order valence-electron chi connectivity index (χ3n) is 5.19. The summed E-state index contributed by atoms with van der Waals surface area (Å²) in [5.41, 5.74) is 1.15. The van der Waals surface area contributed by atoms with Gasteiger partial charge >= 0.3 is 5.97 Å². The molecular weight excluding hydrogens is 380 g/mol. The maximum atomic E-state index is 12.4. The topological polar surface area (TPSA) is 59.1 Å². The van der Waals surface area contributed by atoms with E-state index < -0.39 is 5.97 Å². The average molecular weight is 404 g/mol. The van der Waals surface area contributed by atoms with E-state index in [9.17, 15) is 9.59 Å². The highest BCUT2D eigenvalue weighted by Crippen LogP contribution is 2.20. The molecule has 0 radical (unpaired) electrons. The van der Waals surface area contributed by atoms with Crippen LogP contribution in [0.5, 0.6) is 5.75 Å². The monoisotopic (exact) mass is 404 g/mol. The number of amides is 1. The number of rotatable bonds is 6. The molecule has 0 atom stereocenters. The molecule has 1 saturated heterocycles. The first-order chi connectivity index (χ1) is 14.7. The number of ether oxygens (including phenoxy) is 2. The molecule has 0 unspecified atom stereocenters. The van der Waals surface area contributed by atoms with Crippen LogP contribution in [0.15, 0.2) is 72.8 Å². The molecule has 1 amide bonds. The number of benzene rings is 3. The van der Waals surface area contributed by atoms with Crippen molar-refractivity contribution in [3.8, 4) is 5.75 Å². The van der Waals surface area contributed by atoms with Gasteiger partial charge in [-0.15, -0.1) is 0 Å². The van der Waals surface area contributed by atoms with Crippen LogP contribution in [0.3, 0.4) is 0 Å². The molecule has 30 heavy (non-hydrogen) atoms. The smallest absolute Gasteiger partial charge is 0.344 e. The summed E-state index contributed by atoms with van der Waals surface area (Å²) < 4.78 is 10.6. The second kappa shape index (κ2) is 9.31. The van der Waals surface area contributed by atoms with Crippen LogP contribution in [0.4, 0.5) is 5.69 Å². The Kier molecular flexibility index (Phi) is 6.13. The van der Waals surface area contributed by atoms with Crippen molar-refractivity contribution in [3.63, 3.8) is 0 Å². The van der Waals surface area contributed by atoms with E-state index in [1.54, 1.807) is 4.90 Å². The van der Waals surface area contributed by atoms with Crippen LogP contribution < -0.4 is 9.64 Å². The van der Waals surface area contributed by atoms with Crippen molar-refractivity contribution in [3.05, 3.63) is 72.8 Å². The van der Waals surface area contributed by atoms with Crippen molar-refractivity contribution in [2.24, 2.45) is 0 Å². The Bertz CT molecular complexity index is 1010. The Morgan fingerprint density at radius 1 is 0.767 bits per heavy atom. The number of esters is 1. The number of carbonyl (C=O) groups excluding carboxylic acids is 2. The maximum absolute atomic E-state index is 12.4. The molecule has 0 aliphatic carbocycles. The zero-order chi connectivity index (χ0) is 20.8. The Hall–Kier alpha value is -3.54. The predicted molar refractivity (Wildman–Crippen MR) is 116 cm³/mol. The van der Waals surface area contributed by atoms with E-state index in [1.165, 1.54) is 0 Å². The number of hydrogen-bond donors (Lipinski definition) is 0. The van der Waals surface area contributed by atoms with Crippen LogP contribution in [-0.2, 0) is 14.3 Å². The van der Waals surface area contributed by atoms with Crippen molar-refractivity contribution >= 4 is 28.3 Å². The zero-order valence-corrected chi connectivity index (χ0v) is 16.7. The summed E-state index contributed by atoms with van der Waals surface area (Å²) in [4.78, 5) is 28.3. The molecule has 0 aromatic heterocycles. The predicted octanol–water partition coefficient (Wildman–Crippen LogP) is 3.11. The molecule has 1 heterocycles. The van der Waals surface area contributed by atoms with Gasteiger partial charge in [-0.25, -0.2) is 4.79 Å². The van der Waals surface area contributed by atoms with Crippen molar-refractivity contribution in [1.29, 1.82) is 0 Å². The fourth-order valence-electron chi connectivity index (χ4n) is 3.53. The van der Waals surface area contributed by atoms with Crippen LogP contribution in [0.25, 0.3) is 10.8 Å². The highest BCUT2D eigenvalue weighted by atomic mass is 16.6. The van der Waals surface area contributed by atoms with Gasteiger partial charge in [0, 0.05) is 31.9 Å². The molecule has 1 aliphatic heterocycles. The Balaban J connectivity index is 1.19. The van der Waals surface area contributed by atoms with E-state index >= 15 is 0 Å². The van der Waals surface area contributed by atoms with E-state index in [4.69, 9.17) is 9.47 Å². The molecule has 0 spiro atoms. The standard InChI is InChI=1S/C24H24N2O4/c27-23(26-14-12-25(13-15-26)21-8-2-1-3-9-21)17-30-24(28)18-29-22-11-10-19-6-4-5-7-20(19)16-22/h1-11,16H,12-15,17-18H2. The lowest BCUT2D eigenvalue weighted by Gasteiger charge is -2.36. The summed E-state index contributed by atoms with van der Waals surface area (Å²) in [6.45, 7) is 2.25. The zero-order valence-electron chi connectivity index (χ0n) is 16.7. The van der Waals surface area contributed by atoms with E-state index in [2.05, 4.69) is 17.0 Å². The van der Waals surface area contributed by atoms with Gasteiger partial charge in [0.05, 0.1) is 0 Å². The fourth-order valence-corrected chi connectivity index (χ4v) is 3.53. The molecule has 1 aliphatic rings. The lowest BCUT2D eigenvalue weighted by Crippen LogP contribution is -2.50. The van der Waals surface area contributed by atoms with Gasteiger partial charge in [-0.2, -0.15) is 0 Å². The first-order valence-corrected chi connectivity index (χ1v) is 10.0. The molecule has 3 aromatic carbocycles. The summed E-state index contributed by atoms with van der Waals surface area (Å²) in [7, 11) is 0. The number of piperazine rings is 1. The van der Waals surface area contributed by atoms with Gasteiger partial charge in [-0.1, -0.05) is 48.5 Å². The second-order valence-electron chi connectivity index (χ2n) is 7.16. The van der Waals surface area contributed by atoms with Crippen molar-refractivity contribution in [2.45, 2.75) is 0 Å². The molecular formula is C24H24N2O4. The molecule has 3 aromatic rings. The van der Waals surface area contributed by atoms with Crippen molar-refractivity contribution in [1.82, 2.24) is 4.90 Å². The SMILES string of the molecule is O=C(COc1ccc2ccccc2c1)OCC(=O)N1CCN(c2ccccc2)CC1. The Labute approximate surface area is 175 Å². The molecule has 0 saturated carbocycles. The summed E-state index contributed by atoms with van der Waals surface area (Å²) >= 11 is 0. The minimum atomic E-state index is -0.556. The number of para-hydroxylation sites is 1. The Morgan fingerprint density at radius 3 is 2.23 bits per heavy atom. The van der Waals surface area contributed by atoms with Crippen LogP contribution in [0.1, 0.15) is 0 Å². The minimum absolute atomic E-state index is 0.179. The van der Waals surface area contributed by atoms with E-state index in [0.717, 1.165) is 29.5 Å². The number of carbonyl (C=O) groups is 2. The van der Waals surface area contributed by atoms with Gasteiger partial charge in [0.25, 0.3) is 5.91 Å². The summed E-state index contributed by atoms with van der Waals surface area (Å²) in [5, 5.41) is 2.14. The van der Waals surface area contributed by atoms with Crippen LogP contribution in [0, 0.1) is 0 Å². The lowest BCUT2D eigenvalue weighted by molar-refractivity contribution is -0.153. The van der Waals surface area contributed by atoms with Gasteiger partial charge in [0.1, 0.15) is 5.75 Å². The number of nitrogens with zero attached hydrogens (tertiary/aromatic N) is 2. The van der Waals surface area contributed by atoms with Gasteiger partial charge in [-0.3, -0.25) is 4.79 Å². The molecule has 0 bridgehead atoms. The first-order valence-electron chi connectivity index (χ1n) is 10.0. The Morgan fingerprint density at radius 2 is 1.47 bits per heavy atom. The van der Waals surface area contributed by atoms with E-state index in [-0.39, 0.29) is 19.1 Å². The molecule has 6 nitrogen and oxygen atoms in total. The van der Waals surface area contributed by atoms with Crippen molar-refractivity contribution in [2.75, 3.05) is 44.3 Å². The molecule has 0 N–H and O–H groups in total. The van der Waals surface area contributed by atoms with Gasteiger partial charge in [-0.05, 0) is 35.0 Å². The van der Waals surface area contributed by atoms with Crippen LogP contribution >= 0.6 is 0 Å². The number of hydrogen-bond acceptors (Lipinski definition) is 5. The average Bonchev–Trinajstić information content (AvgIpc) is 2.81. The maximum Gasteiger partial charge on any atom is 0.344 e. The normalized spacial score (nSPS) is 13.9.